The molecule has 2 N–H and O–H groups in total. The van der Waals surface area contributed by atoms with Crippen LogP contribution in [0, 0.1) is 5.92 Å². The van der Waals surface area contributed by atoms with Gasteiger partial charge in [0.2, 0.25) is 0 Å². The van der Waals surface area contributed by atoms with Crippen LogP contribution in [0.1, 0.15) is 71.1 Å². The minimum absolute atomic E-state index is 0.124. The van der Waals surface area contributed by atoms with Crippen molar-refractivity contribution >= 4 is 5.97 Å². The Morgan fingerprint density at radius 2 is 1.94 bits per heavy atom. The normalized spacial score (nSPS) is 31.9. The number of carbonyl (C=O) groups excluding carboxylic acids is 1. The van der Waals surface area contributed by atoms with Crippen molar-refractivity contribution in [3.63, 3.8) is 0 Å². The van der Waals surface area contributed by atoms with E-state index in [4.69, 9.17) is 10.5 Å². The van der Waals surface area contributed by atoms with Crippen molar-refractivity contribution in [3.8, 4) is 0 Å². The van der Waals surface area contributed by atoms with Crippen LogP contribution in [-0.2, 0) is 9.53 Å². The van der Waals surface area contributed by atoms with E-state index in [1.165, 1.54) is 25.7 Å². The second-order valence-corrected chi connectivity index (χ2v) is 6.18. The van der Waals surface area contributed by atoms with Gasteiger partial charge in [0.1, 0.15) is 11.6 Å². The van der Waals surface area contributed by atoms with Crippen molar-refractivity contribution in [3.05, 3.63) is 0 Å². The lowest BCUT2D eigenvalue weighted by atomic mass is 9.82. The molecule has 2 saturated carbocycles. The molecule has 0 amide bonds. The van der Waals surface area contributed by atoms with Crippen LogP contribution >= 0.6 is 0 Å². The summed E-state index contributed by atoms with van der Waals surface area (Å²) < 4.78 is 5.70. The second kappa shape index (κ2) is 6.05. The molecule has 0 aliphatic heterocycles. The van der Waals surface area contributed by atoms with Gasteiger partial charge >= 0.3 is 5.97 Å². The van der Waals surface area contributed by atoms with Gasteiger partial charge in [-0.15, -0.1) is 0 Å². The van der Waals surface area contributed by atoms with Gasteiger partial charge in [-0.1, -0.05) is 39.0 Å². The number of rotatable bonds is 3. The average Bonchev–Trinajstić information content (AvgIpc) is 2.40. The summed E-state index contributed by atoms with van der Waals surface area (Å²) in [6.45, 7) is 2.22. The van der Waals surface area contributed by atoms with Gasteiger partial charge in [-0.3, -0.25) is 4.79 Å². The zero-order valence-electron chi connectivity index (χ0n) is 11.6. The minimum Gasteiger partial charge on any atom is -0.461 e. The van der Waals surface area contributed by atoms with E-state index in [-0.39, 0.29) is 12.1 Å². The van der Waals surface area contributed by atoms with E-state index in [9.17, 15) is 4.79 Å². The Morgan fingerprint density at radius 3 is 2.61 bits per heavy atom. The van der Waals surface area contributed by atoms with E-state index in [0.29, 0.717) is 0 Å². The highest BCUT2D eigenvalue weighted by Crippen LogP contribution is 2.31. The van der Waals surface area contributed by atoms with E-state index in [2.05, 4.69) is 6.92 Å². The van der Waals surface area contributed by atoms with Gasteiger partial charge in [0.25, 0.3) is 0 Å². The molecule has 0 aromatic heterocycles. The Bertz CT molecular complexity index is 284. The van der Waals surface area contributed by atoms with Gasteiger partial charge in [-0.25, -0.2) is 0 Å². The summed E-state index contributed by atoms with van der Waals surface area (Å²) in [6.07, 6.45) is 10.8. The monoisotopic (exact) mass is 253 g/mol. The quantitative estimate of drug-likeness (QED) is 0.786. The lowest BCUT2D eigenvalue weighted by Gasteiger charge is -2.34. The summed E-state index contributed by atoms with van der Waals surface area (Å²) in [6, 6.07) is 0. The van der Waals surface area contributed by atoms with E-state index in [0.717, 1.165) is 44.4 Å². The van der Waals surface area contributed by atoms with Gasteiger partial charge in [0.05, 0.1) is 0 Å². The molecule has 0 radical (unpaired) electrons. The molecular formula is C15H27NO2. The Labute approximate surface area is 110 Å². The van der Waals surface area contributed by atoms with E-state index >= 15 is 0 Å². The predicted octanol–water partition coefficient (Wildman–Crippen LogP) is 3.16. The molecule has 104 valence electrons. The summed E-state index contributed by atoms with van der Waals surface area (Å²) in [4.78, 5) is 12.2. The molecule has 0 aromatic rings. The van der Waals surface area contributed by atoms with E-state index < -0.39 is 5.54 Å². The SMILES string of the molecule is CCC1CCCC(OC(=O)C2(N)CCCCC2)C1. The maximum Gasteiger partial charge on any atom is 0.326 e. The van der Waals surface area contributed by atoms with Gasteiger partial charge in [-0.05, 0) is 38.0 Å². The van der Waals surface area contributed by atoms with Gasteiger partial charge in [0.15, 0.2) is 0 Å². The summed E-state index contributed by atoms with van der Waals surface area (Å²) in [5.74, 6) is 0.598. The van der Waals surface area contributed by atoms with Crippen LogP contribution in [0.5, 0.6) is 0 Å². The topological polar surface area (TPSA) is 52.3 Å². The first-order valence-electron chi connectivity index (χ1n) is 7.64. The summed E-state index contributed by atoms with van der Waals surface area (Å²) in [5, 5.41) is 0. The standard InChI is InChI=1S/C15H27NO2/c1-2-12-7-6-8-13(11-12)18-14(17)15(16)9-4-3-5-10-15/h12-13H,2-11,16H2,1H3. The Morgan fingerprint density at radius 1 is 1.22 bits per heavy atom. The fraction of sp³-hybridized carbons (Fsp3) is 0.933. The molecule has 3 nitrogen and oxygen atoms in total. The van der Waals surface area contributed by atoms with E-state index in [1.807, 2.05) is 0 Å². The van der Waals surface area contributed by atoms with Crippen molar-refractivity contribution < 1.29 is 9.53 Å². The van der Waals surface area contributed by atoms with Crippen LogP contribution in [0.15, 0.2) is 0 Å². The maximum absolute atomic E-state index is 12.2. The first kappa shape index (κ1) is 13.9. The molecule has 0 saturated heterocycles. The highest BCUT2D eigenvalue weighted by molar-refractivity contribution is 5.80. The Hall–Kier alpha value is -0.570. The molecule has 2 aliphatic carbocycles. The van der Waals surface area contributed by atoms with Crippen LogP contribution in [0.2, 0.25) is 0 Å². The molecule has 2 unspecified atom stereocenters. The largest absolute Gasteiger partial charge is 0.461 e. The van der Waals surface area contributed by atoms with Crippen molar-refractivity contribution in [1.29, 1.82) is 0 Å². The van der Waals surface area contributed by atoms with Crippen LogP contribution in [0.3, 0.4) is 0 Å². The third-order valence-corrected chi connectivity index (χ3v) is 4.74. The fourth-order valence-electron chi connectivity index (χ4n) is 3.38. The first-order valence-corrected chi connectivity index (χ1v) is 7.64. The minimum atomic E-state index is -0.683. The van der Waals surface area contributed by atoms with Gasteiger partial charge in [0, 0.05) is 0 Å². The first-order chi connectivity index (χ1) is 8.64. The molecule has 2 atom stereocenters. The number of hydrogen-bond donors (Lipinski definition) is 1. The van der Waals surface area contributed by atoms with Crippen LogP contribution in [0.4, 0.5) is 0 Å². The zero-order chi connectivity index (χ0) is 13.0. The van der Waals surface area contributed by atoms with Crippen molar-refractivity contribution in [2.45, 2.75) is 82.8 Å². The van der Waals surface area contributed by atoms with E-state index in [1.54, 1.807) is 0 Å². The summed E-state index contributed by atoms with van der Waals surface area (Å²) in [5.41, 5.74) is 5.53. The smallest absolute Gasteiger partial charge is 0.326 e. The molecule has 3 heteroatoms. The molecule has 2 rings (SSSR count). The van der Waals surface area contributed by atoms with Crippen LogP contribution in [-0.4, -0.2) is 17.6 Å². The third kappa shape index (κ3) is 3.25. The van der Waals surface area contributed by atoms with Crippen LogP contribution < -0.4 is 5.73 Å². The average molecular weight is 253 g/mol. The fourth-order valence-corrected chi connectivity index (χ4v) is 3.38. The maximum atomic E-state index is 12.2. The van der Waals surface area contributed by atoms with Crippen LogP contribution in [0.25, 0.3) is 0 Å². The van der Waals surface area contributed by atoms with Gasteiger partial charge in [-0.2, -0.15) is 0 Å². The molecule has 0 heterocycles. The van der Waals surface area contributed by atoms with Crippen molar-refractivity contribution in [2.75, 3.05) is 0 Å². The molecule has 2 aliphatic rings. The molecule has 2 fully saturated rings. The highest BCUT2D eigenvalue weighted by atomic mass is 16.5. The third-order valence-electron chi connectivity index (χ3n) is 4.74. The second-order valence-electron chi connectivity index (χ2n) is 6.18. The zero-order valence-corrected chi connectivity index (χ0v) is 11.6. The number of hydrogen-bond acceptors (Lipinski definition) is 3. The summed E-state index contributed by atoms with van der Waals surface area (Å²) >= 11 is 0. The molecule has 18 heavy (non-hydrogen) atoms. The molecular weight excluding hydrogens is 226 g/mol. The molecule has 0 aromatic carbocycles. The lowest BCUT2D eigenvalue weighted by Crippen LogP contribution is -2.51. The van der Waals surface area contributed by atoms with Crippen molar-refractivity contribution in [2.24, 2.45) is 11.7 Å². The number of esters is 1. The Kier molecular flexibility index (Phi) is 4.66. The highest BCUT2D eigenvalue weighted by Gasteiger charge is 2.38. The predicted molar refractivity (Wildman–Crippen MR) is 72.1 cm³/mol. The Balaban J connectivity index is 1.86. The molecule has 0 spiro atoms. The number of nitrogens with two attached hydrogens (primary N) is 1. The summed E-state index contributed by atoms with van der Waals surface area (Å²) in [7, 11) is 0. The number of carbonyl (C=O) groups is 1. The molecule has 0 bridgehead atoms. The number of ether oxygens (including phenoxy) is 1. The lowest BCUT2D eigenvalue weighted by molar-refractivity contribution is -0.159. The van der Waals surface area contributed by atoms with Gasteiger partial charge < -0.3 is 10.5 Å². The van der Waals surface area contributed by atoms with Crippen molar-refractivity contribution in [1.82, 2.24) is 0 Å².